The van der Waals surface area contributed by atoms with E-state index in [1.165, 1.54) is 4.68 Å². The molecule has 3 aromatic heterocycles. The predicted molar refractivity (Wildman–Crippen MR) is 103 cm³/mol. The molecule has 11 heteroatoms. The second-order valence-corrected chi connectivity index (χ2v) is 5.91. The molecule has 0 aliphatic carbocycles. The van der Waals surface area contributed by atoms with Gasteiger partial charge in [-0.2, -0.15) is 9.78 Å². The van der Waals surface area contributed by atoms with Crippen molar-refractivity contribution < 1.29 is 9.42 Å². The topological polar surface area (TPSA) is 150 Å². The Kier molecular flexibility index (Phi) is 4.76. The number of carbonyl (C=O) groups is 1. The quantitative estimate of drug-likeness (QED) is 0.384. The fraction of sp³-hybridized carbons (Fsp3) is 0.0556. The molecule has 0 saturated heterocycles. The highest BCUT2D eigenvalue weighted by Gasteiger charge is 2.25. The van der Waals surface area contributed by atoms with E-state index in [0.29, 0.717) is 17.0 Å². The largest absolute Gasteiger partial charge is 0.378 e. The summed E-state index contributed by atoms with van der Waals surface area (Å²) in [6.07, 6.45) is 3.28. The number of nitrogens with one attached hydrogen (secondary N) is 1. The van der Waals surface area contributed by atoms with Gasteiger partial charge in [0.2, 0.25) is 11.6 Å². The zero-order valence-corrected chi connectivity index (χ0v) is 15.2. The Labute approximate surface area is 164 Å². The number of anilines is 1. The van der Waals surface area contributed by atoms with Gasteiger partial charge in [-0.05, 0) is 29.4 Å². The number of pyridine rings is 1. The Balaban J connectivity index is 1.74. The van der Waals surface area contributed by atoms with Gasteiger partial charge in [-0.1, -0.05) is 35.5 Å². The normalized spacial score (nSPS) is 11.4. The molecule has 0 fully saturated rings. The number of amides is 1. The van der Waals surface area contributed by atoms with Crippen LogP contribution in [0.3, 0.4) is 0 Å². The number of carbonyl (C=O) groups excluding carboxylic acids is 1. The highest BCUT2D eigenvalue weighted by atomic mass is 16.6. The number of hydrogen-bond acceptors (Lipinski definition) is 9. The Morgan fingerprint density at radius 2 is 1.90 bits per heavy atom. The minimum atomic E-state index is -0.551. The van der Waals surface area contributed by atoms with E-state index in [1.54, 1.807) is 43.6 Å². The smallest absolute Gasteiger partial charge is 0.292 e. The lowest BCUT2D eigenvalue weighted by Gasteiger charge is -2.06. The summed E-state index contributed by atoms with van der Waals surface area (Å²) >= 11 is 0. The van der Waals surface area contributed by atoms with E-state index in [-0.39, 0.29) is 17.3 Å². The van der Waals surface area contributed by atoms with Gasteiger partial charge in [0.05, 0.1) is 5.71 Å². The monoisotopic (exact) mass is 389 g/mol. The molecule has 3 heterocycles. The van der Waals surface area contributed by atoms with Crippen LogP contribution in [0.5, 0.6) is 0 Å². The van der Waals surface area contributed by atoms with Crippen molar-refractivity contribution >= 4 is 17.4 Å². The van der Waals surface area contributed by atoms with Gasteiger partial charge < -0.3 is 5.73 Å². The Morgan fingerprint density at radius 3 is 2.59 bits per heavy atom. The molecule has 1 amide bonds. The Bertz CT molecular complexity index is 1170. The number of rotatable bonds is 5. The first-order valence-electron chi connectivity index (χ1n) is 8.49. The molecular weight excluding hydrogens is 374 g/mol. The third-order valence-electron chi connectivity index (χ3n) is 4.05. The summed E-state index contributed by atoms with van der Waals surface area (Å²) in [4.78, 5) is 17.0. The lowest BCUT2D eigenvalue weighted by Crippen LogP contribution is -2.23. The maximum Gasteiger partial charge on any atom is 0.292 e. The van der Waals surface area contributed by atoms with Crippen LogP contribution in [0, 0.1) is 0 Å². The molecule has 1 aromatic carbocycles. The van der Waals surface area contributed by atoms with Crippen LogP contribution in [0.2, 0.25) is 0 Å². The number of hydrogen-bond donors (Lipinski definition) is 2. The molecule has 4 aromatic rings. The summed E-state index contributed by atoms with van der Waals surface area (Å²) in [6, 6.07) is 12.7. The van der Waals surface area contributed by atoms with Crippen LogP contribution in [-0.2, 0) is 0 Å². The minimum Gasteiger partial charge on any atom is -0.378 e. The van der Waals surface area contributed by atoms with E-state index >= 15 is 0 Å². The maximum atomic E-state index is 13.0. The molecular formula is C18H15N9O2. The van der Waals surface area contributed by atoms with Gasteiger partial charge in [-0.25, -0.2) is 10.1 Å². The number of nitrogens with two attached hydrogens (primary N) is 1. The van der Waals surface area contributed by atoms with Crippen LogP contribution in [0.25, 0.3) is 17.1 Å². The number of nitrogen functional groups attached to an aromatic ring is 1. The summed E-state index contributed by atoms with van der Waals surface area (Å²) in [5, 5.41) is 19.5. The predicted octanol–water partition coefficient (Wildman–Crippen LogP) is 1.45. The standard InChI is InChI=1S/C18H15N9O2/c1-11(12-7-9-20-10-8-12)21-23-18(28)15-14(13-5-3-2-4-6-13)22-26-27(15)17-16(19)24-29-25-17/h2-10H,1H3,(H2,19,24)(H,23,28). The average molecular weight is 389 g/mol. The fourth-order valence-corrected chi connectivity index (χ4v) is 2.61. The second-order valence-electron chi connectivity index (χ2n) is 5.91. The van der Waals surface area contributed by atoms with Gasteiger partial charge >= 0.3 is 0 Å². The van der Waals surface area contributed by atoms with Crippen molar-refractivity contribution in [1.82, 2.24) is 35.7 Å². The van der Waals surface area contributed by atoms with Gasteiger partial charge in [0.15, 0.2) is 5.69 Å². The van der Waals surface area contributed by atoms with Gasteiger partial charge in [0.25, 0.3) is 5.91 Å². The van der Waals surface area contributed by atoms with Crippen molar-refractivity contribution in [2.75, 3.05) is 5.73 Å². The maximum absolute atomic E-state index is 13.0. The second kappa shape index (κ2) is 7.68. The van der Waals surface area contributed by atoms with Crippen molar-refractivity contribution in [2.45, 2.75) is 6.92 Å². The summed E-state index contributed by atoms with van der Waals surface area (Å²) in [5.74, 6) is -0.524. The highest BCUT2D eigenvalue weighted by Crippen LogP contribution is 2.24. The lowest BCUT2D eigenvalue weighted by atomic mass is 10.1. The molecule has 0 saturated carbocycles. The third-order valence-corrected chi connectivity index (χ3v) is 4.05. The zero-order valence-electron chi connectivity index (χ0n) is 15.2. The van der Waals surface area contributed by atoms with Crippen LogP contribution in [0.1, 0.15) is 23.0 Å². The van der Waals surface area contributed by atoms with Gasteiger partial charge in [-0.3, -0.25) is 9.78 Å². The number of nitrogens with zero attached hydrogens (tertiary/aromatic N) is 7. The molecule has 0 radical (unpaired) electrons. The van der Waals surface area contributed by atoms with Crippen LogP contribution in [0.4, 0.5) is 5.82 Å². The van der Waals surface area contributed by atoms with E-state index in [2.05, 4.69) is 40.8 Å². The highest BCUT2D eigenvalue weighted by molar-refractivity contribution is 6.02. The van der Waals surface area contributed by atoms with Crippen molar-refractivity contribution in [3.8, 4) is 17.1 Å². The molecule has 0 spiro atoms. The van der Waals surface area contributed by atoms with Gasteiger partial charge in [-0.15, -0.1) is 5.10 Å². The molecule has 0 aliphatic heterocycles. The molecule has 0 bridgehead atoms. The molecule has 0 aliphatic rings. The molecule has 0 atom stereocenters. The fourth-order valence-electron chi connectivity index (χ4n) is 2.61. The van der Waals surface area contributed by atoms with Crippen molar-refractivity contribution in [1.29, 1.82) is 0 Å². The van der Waals surface area contributed by atoms with Gasteiger partial charge in [0.1, 0.15) is 5.69 Å². The first-order valence-corrected chi connectivity index (χ1v) is 8.49. The van der Waals surface area contributed by atoms with E-state index in [4.69, 9.17) is 5.73 Å². The Morgan fingerprint density at radius 1 is 1.14 bits per heavy atom. The average Bonchev–Trinajstić information content (AvgIpc) is 3.39. The van der Waals surface area contributed by atoms with Crippen molar-refractivity contribution in [2.24, 2.45) is 5.10 Å². The van der Waals surface area contributed by atoms with Crippen LogP contribution < -0.4 is 11.2 Å². The minimum absolute atomic E-state index is 0.0278. The van der Waals surface area contributed by atoms with Crippen molar-refractivity contribution in [3.63, 3.8) is 0 Å². The lowest BCUT2D eigenvalue weighted by molar-refractivity contribution is 0.0947. The number of benzene rings is 1. The molecule has 4 rings (SSSR count). The summed E-state index contributed by atoms with van der Waals surface area (Å²) < 4.78 is 5.79. The molecule has 0 unspecified atom stereocenters. The first-order chi connectivity index (χ1) is 14.1. The van der Waals surface area contributed by atoms with Crippen LogP contribution in [-0.4, -0.2) is 41.9 Å². The molecule has 29 heavy (non-hydrogen) atoms. The SMILES string of the molecule is CC(=NNC(=O)c1c(-c2ccccc2)nnn1-c1nonc1N)c1ccncc1. The summed E-state index contributed by atoms with van der Waals surface area (Å²) in [5.41, 5.74) is 10.8. The molecule has 144 valence electrons. The van der Waals surface area contributed by atoms with Crippen LogP contribution in [0.15, 0.2) is 64.6 Å². The van der Waals surface area contributed by atoms with Crippen LogP contribution >= 0.6 is 0 Å². The van der Waals surface area contributed by atoms with E-state index < -0.39 is 5.91 Å². The van der Waals surface area contributed by atoms with E-state index in [1.807, 2.05) is 18.2 Å². The molecule has 3 N–H and O–H groups in total. The Hall–Kier alpha value is -4.41. The first kappa shape index (κ1) is 18.0. The number of hydrazone groups is 1. The van der Waals surface area contributed by atoms with E-state index in [9.17, 15) is 4.79 Å². The van der Waals surface area contributed by atoms with Crippen molar-refractivity contribution in [3.05, 3.63) is 66.1 Å². The summed E-state index contributed by atoms with van der Waals surface area (Å²) in [6.45, 7) is 1.77. The third kappa shape index (κ3) is 3.56. The number of aromatic nitrogens is 6. The van der Waals surface area contributed by atoms with E-state index in [0.717, 1.165) is 5.56 Å². The molecule has 11 nitrogen and oxygen atoms in total. The summed E-state index contributed by atoms with van der Waals surface area (Å²) in [7, 11) is 0. The van der Waals surface area contributed by atoms with Gasteiger partial charge in [0, 0.05) is 23.5 Å². The zero-order chi connectivity index (χ0) is 20.2.